The molecule has 2 heterocycles. The molecule has 3 rings (SSSR count). The molecule has 0 aliphatic carbocycles. The fourth-order valence-electron chi connectivity index (χ4n) is 2.46. The Kier molecular flexibility index (Phi) is 5.23. The molecular weight excluding hydrogens is 360 g/mol. The van der Waals surface area contributed by atoms with E-state index in [1.54, 1.807) is 24.0 Å². The molecule has 0 spiro atoms. The zero-order chi connectivity index (χ0) is 19.6. The third-order valence-corrected chi connectivity index (χ3v) is 5.16. The topological polar surface area (TPSA) is 85.3 Å². The highest BCUT2D eigenvalue weighted by molar-refractivity contribution is 7.99. The average molecular weight is 382 g/mol. The number of pyridine rings is 1. The highest BCUT2D eigenvalue weighted by Gasteiger charge is 2.24. The number of urea groups is 1. The number of hydrogen-bond acceptors (Lipinski definition) is 5. The number of aryl methyl sites for hydroxylation is 1. The van der Waals surface area contributed by atoms with Crippen molar-refractivity contribution in [3.63, 3.8) is 0 Å². The SMILES string of the molecule is Cc1cnccc1Sc1ccc(N(C(N)=O)c2cc(C(C)(C)C)on2)cc1. The van der Waals surface area contributed by atoms with Crippen LogP contribution in [0.5, 0.6) is 0 Å². The molecule has 0 bridgehead atoms. The van der Waals surface area contributed by atoms with Crippen LogP contribution < -0.4 is 10.6 Å². The van der Waals surface area contributed by atoms with E-state index in [1.807, 2.05) is 64.2 Å². The van der Waals surface area contributed by atoms with Crippen molar-refractivity contribution >= 4 is 29.3 Å². The monoisotopic (exact) mass is 382 g/mol. The summed E-state index contributed by atoms with van der Waals surface area (Å²) in [6.45, 7) is 8.06. The van der Waals surface area contributed by atoms with Crippen molar-refractivity contribution in [2.45, 2.75) is 42.9 Å². The smallest absolute Gasteiger partial charge is 0.325 e. The number of benzene rings is 1. The van der Waals surface area contributed by atoms with Gasteiger partial charge in [-0.3, -0.25) is 4.98 Å². The summed E-state index contributed by atoms with van der Waals surface area (Å²) in [6, 6.07) is 10.7. The second kappa shape index (κ2) is 7.44. The van der Waals surface area contributed by atoms with Crippen LogP contribution in [0.15, 0.2) is 63.1 Å². The van der Waals surface area contributed by atoms with Gasteiger partial charge in [-0.05, 0) is 42.8 Å². The van der Waals surface area contributed by atoms with Gasteiger partial charge >= 0.3 is 6.03 Å². The second-order valence-electron chi connectivity index (χ2n) is 7.21. The molecule has 0 atom stereocenters. The molecule has 2 aromatic heterocycles. The number of anilines is 2. The van der Waals surface area contributed by atoms with E-state index in [2.05, 4.69) is 10.1 Å². The van der Waals surface area contributed by atoms with Crippen LogP contribution in [-0.2, 0) is 5.41 Å². The molecule has 0 aliphatic rings. The van der Waals surface area contributed by atoms with Gasteiger partial charge in [0, 0.05) is 33.7 Å². The first kappa shape index (κ1) is 19.0. The first-order valence-corrected chi connectivity index (χ1v) is 9.32. The van der Waals surface area contributed by atoms with Gasteiger partial charge in [-0.15, -0.1) is 0 Å². The molecule has 0 aliphatic heterocycles. The molecule has 0 fully saturated rings. The maximum Gasteiger partial charge on any atom is 0.325 e. The normalized spacial score (nSPS) is 11.4. The third kappa shape index (κ3) is 4.31. The Morgan fingerprint density at radius 2 is 1.89 bits per heavy atom. The number of nitrogens with two attached hydrogens (primary N) is 1. The van der Waals surface area contributed by atoms with E-state index < -0.39 is 6.03 Å². The van der Waals surface area contributed by atoms with Crippen LogP contribution in [-0.4, -0.2) is 16.2 Å². The summed E-state index contributed by atoms with van der Waals surface area (Å²) in [5.41, 5.74) is 7.13. The zero-order valence-electron chi connectivity index (χ0n) is 15.8. The molecule has 0 unspecified atom stereocenters. The molecule has 3 aromatic rings. The lowest BCUT2D eigenvalue weighted by atomic mass is 9.93. The molecule has 0 radical (unpaired) electrons. The highest BCUT2D eigenvalue weighted by atomic mass is 32.2. The Hall–Kier alpha value is -2.80. The second-order valence-corrected chi connectivity index (χ2v) is 8.33. The molecular formula is C20H22N4O2S. The van der Waals surface area contributed by atoms with E-state index in [9.17, 15) is 4.79 Å². The Morgan fingerprint density at radius 1 is 1.19 bits per heavy atom. The van der Waals surface area contributed by atoms with E-state index >= 15 is 0 Å². The molecule has 27 heavy (non-hydrogen) atoms. The van der Waals surface area contributed by atoms with Gasteiger partial charge in [0.05, 0.1) is 5.69 Å². The minimum atomic E-state index is -0.617. The van der Waals surface area contributed by atoms with E-state index in [0.29, 0.717) is 17.3 Å². The maximum absolute atomic E-state index is 12.0. The van der Waals surface area contributed by atoms with Gasteiger partial charge in [0.1, 0.15) is 5.76 Å². The third-order valence-electron chi connectivity index (χ3n) is 3.98. The lowest BCUT2D eigenvalue weighted by Crippen LogP contribution is -2.31. The molecule has 2 N–H and O–H groups in total. The van der Waals surface area contributed by atoms with Gasteiger partial charge in [-0.1, -0.05) is 37.7 Å². The molecule has 7 heteroatoms. The van der Waals surface area contributed by atoms with Crippen LogP contribution in [0.2, 0.25) is 0 Å². The summed E-state index contributed by atoms with van der Waals surface area (Å²) in [7, 11) is 0. The van der Waals surface area contributed by atoms with E-state index in [-0.39, 0.29) is 5.41 Å². The Balaban J connectivity index is 1.86. The summed E-state index contributed by atoms with van der Waals surface area (Å²) in [5.74, 6) is 1.06. The van der Waals surface area contributed by atoms with Crippen molar-refractivity contribution in [3.05, 3.63) is 60.1 Å². The predicted molar refractivity (Wildman–Crippen MR) is 106 cm³/mol. The number of carbonyl (C=O) groups is 1. The summed E-state index contributed by atoms with van der Waals surface area (Å²) in [5, 5.41) is 4.02. The Morgan fingerprint density at radius 3 is 2.44 bits per heavy atom. The molecule has 0 saturated carbocycles. The van der Waals surface area contributed by atoms with E-state index in [4.69, 9.17) is 10.3 Å². The fraction of sp³-hybridized carbons (Fsp3) is 0.250. The van der Waals surface area contributed by atoms with Gasteiger partial charge in [0.15, 0.2) is 5.82 Å². The predicted octanol–water partition coefficient (Wildman–Crippen LogP) is 5.04. The highest BCUT2D eigenvalue weighted by Crippen LogP contribution is 2.33. The van der Waals surface area contributed by atoms with Gasteiger partial charge in [-0.25, -0.2) is 9.69 Å². The van der Waals surface area contributed by atoms with Crippen LogP contribution >= 0.6 is 11.8 Å². The van der Waals surface area contributed by atoms with Crippen molar-refractivity contribution in [1.29, 1.82) is 0 Å². The lowest BCUT2D eigenvalue weighted by Gasteiger charge is -2.17. The number of nitrogens with zero attached hydrogens (tertiary/aromatic N) is 3. The molecule has 6 nitrogen and oxygen atoms in total. The van der Waals surface area contributed by atoms with Crippen LogP contribution in [0.25, 0.3) is 0 Å². The summed E-state index contributed by atoms with van der Waals surface area (Å²) in [4.78, 5) is 19.7. The summed E-state index contributed by atoms with van der Waals surface area (Å²) < 4.78 is 5.39. The van der Waals surface area contributed by atoms with Gasteiger partial charge in [0.25, 0.3) is 0 Å². The quantitative estimate of drug-likeness (QED) is 0.683. The molecule has 2 amide bonds. The van der Waals surface area contributed by atoms with E-state index in [0.717, 1.165) is 15.4 Å². The Bertz CT molecular complexity index is 945. The summed E-state index contributed by atoms with van der Waals surface area (Å²) >= 11 is 1.64. The van der Waals surface area contributed by atoms with Crippen molar-refractivity contribution in [2.75, 3.05) is 4.90 Å². The average Bonchev–Trinajstić information content (AvgIpc) is 3.08. The number of hydrogen-bond donors (Lipinski definition) is 1. The van der Waals surface area contributed by atoms with Gasteiger partial charge in [0.2, 0.25) is 0 Å². The minimum absolute atomic E-state index is 0.211. The van der Waals surface area contributed by atoms with Crippen molar-refractivity contribution in [2.24, 2.45) is 5.73 Å². The van der Waals surface area contributed by atoms with Crippen molar-refractivity contribution in [1.82, 2.24) is 10.1 Å². The molecule has 1 aromatic carbocycles. The first-order valence-electron chi connectivity index (χ1n) is 8.51. The number of amides is 2. The van der Waals surface area contributed by atoms with Crippen LogP contribution in [0.4, 0.5) is 16.3 Å². The maximum atomic E-state index is 12.0. The minimum Gasteiger partial charge on any atom is -0.359 e. The lowest BCUT2D eigenvalue weighted by molar-refractivity contribution is 0.255. The van der Waals surface area contributed by atoms with Crippen LogP contribution in [0, 0.1) is 6.92 Å². The fourth-order valence-corrected chi connectivity index (χ4v) is 3.33. The largest absolute Gasteiger partial charge is 0.359 e. The number of aromatic nitrogens is 2. The van der Waals surface area contributed by atoms with Gasteiger partial charge < -0.3 is 10.3 Å². The first-order chi connectivity index (χ1) is 12.8. The Labute approximate surface area is 162 Å². The van der Waals surface area contributed by atoms with Crippen LogP contribution in [0.3, 0.4) is 0 Å². The van der Waals surface area contributed by atoms with Crippen LogP contribution in [0.1, 0.15) is 32.1 Å². The summed E-state index contributed by atoms with van der Waals surface area (Å²) in [6.07, 6.45) is 3.61. The van der Waals surface area contributed by atoms with Crippen molar-refractivity contribution in [3.8, 4) is 0 Å². The van der Waals surface area contributed by atoms with Gasteiger partial charge in [-0.2, -0.15) is 0 Å². The number of rotatable bonds is 4. The standard InChI is InChI=1S/C20H22N4O2S/c1-13-12-22-10-9-16(13)27-15-7-5-14(6-8-15)24(19(21)25)18-11-17(26-23-18)20(2,3)4/h5-12H,1-4H3,(H2,21,25). The number of primary amides is 1. The molecule has 140 valence electrons. The number of carbonyl (C=O) groups excluding carboxylic acids is 1. The van der Waals surface area contributed by atoms with Crippen molar-refractivity contribution < 1.29 is 9.32 Å². The molecule has 0 saturated heterocycles. The zero-order valence-corrected chi connectivity index (χ0v) is 16.6. The van der Waals surface area contributed by atoms with E-state index in [1.165, 1.54) is 4.90 Å².